The van der Waals surface area contributed by atoms with Gasteiger partial charge in [-0.05, 0) is 6.07 Å². The number of rotatable bonds is 0. The maximum Gasteiger partial charge on any atom is 0.190 e. The molecule has 0 atom stereocenters. The molecule has 0 unspecified atom stereocenters. The second kappa shape index (κ2) is 2.36. The number of hydrogen-bond acceptors (Lipinski definition) is 1. The lowest BCUT2D eigenvalue weighted by Crippen LogP contribution is -1.91. The van der Waals surface area contributed by atoms with Crippen LogP contribution in [0.15, 0.2) is 18.2 Å². The van der Waals surface area contributed by atoms with Crippen LogP contribution in [0.3, 0.4) is 0 Å². The van der Waals surface area contributed by atoms with Gasteiger partial charge in [-0.2, -0.15) is 0 Å². The third-order valence-corrected chi connectivity index (χ3v) is 1.04. The summed E-state index contributed by atoms with van der Waals surface area (Å²) in [6, 6.07) is 3.26. The lowest BCUT2D eigenvalue weighted by molar-refractivity contribution is -0.272. The smallest absolute Gasteiger partial charge is 0.190 e. The van der Waals surface area contributed by atoms with E-state index in [0.29, 0.717) is 0 Å². The summed E-state index contributed by atoms with van der Waals surface area (Å²) in [5, 5.41) is 10.4. The van der Waals surface area contributed by atoms with Gasteiger partial charge in [-0.1, -0.05) is 17.9 Å². The van der Waals surface area contributed by atoms with E-state index in [2.05, 4.69) is 4.85 Å². The predicted octanol–water partition coefficient (Wildman–Crippen LogP) is 1.45. The summed E-state index contributed by atoms with van der Waals surface area (Å²) in [6.45, 7) is 6.47. The van der Waals surface area contributed by atoms with Gasteiger partial charge in [-0.3, -0.25) is 0 Å². The molecule has 0 N–H and O–H groups in total. The van der Waals surface area contributed by atoms with E-state index >= 15 is 0 Å². The number of halogens is 1. The summed E-state index contributed by atoms with van der Waals surface area (Å²) in [5.41, 5.74) is 0.150. The molecule has 10 heavy (non-hydrogen) atoms. The first-order valence-electron chi connectivity index (χ1n) is 2.58. The molecule has 50 valence electrons. The molecule has 0 radical (unpaired) electrons. The molecule has 0 saturated heterocycles. The first kappa shape index (κ1) is 6.56. The zero-order valence-electron chi connectivity index (χ0n) is 4.97. The molecule has 0 spiro atoms. The van der Waals surface area contributed by atoms with E-state index in [-0.39, 0.29) is 5.69 Å². The van der Waals surface area contributed by atoms with Crippen LogP contribution in [0.5, 0.6) is 5.75 Å². The lowest BCUT2D eigenvalue weighted by atomic mass is 10.3. The molecular formula is C7H3FNO-. The minimum absolute atomic E-state index is 0.150. The van der Waals surface area contributed by atoms with Crippen LogP contribution >= 0.6 is 0 Å². The molecule has 1 aromatic rings. The van der Waals surface area contributed by atoms with Crippen LogP contribution in [0.4, 0.5) is 10.1 Å². The number of hydrogen-bond donors (Lipinski definition) is 0. The summed E-state index contributed by atoms with van der Waals surface area (Å²) < 4.78 is 12.3. The number of benzene rings is 1. The van der Waals surface area contributed by atoms with Crippen LogP contribution in [0.2, 0.25) is 0 Å². The Kier molecular flexibility index (Phi) is 1.55. The van der Waals surface area contributed by atoms with Crippen molar-refractivity contribution in [2.75, 3.05) is 0 Å². The lowest BCUT2D eigenvalue weighted by Gasteiger charge is -2.04. The average molecular weight is 136 g/mol. The summed E-state index contributed by atoms with van der Waals surface area (Å²) in [7, 11) is 0. The second-order valence-electron chi connectivity index (χ2n) is 1.73. The van der Waals surface area contributed by atoms with E-state index in [1.54, 1.807) is 0 Å². The first-order chi connectivity index (χ1) is 4.74. The van der Waals surface area contributed by atoms with Crippen LogP contribution in [-0.4, -0.2) is 0 Å². The van der Waals surface area contributed by atoms with Gasteiger partial charge in [-0.25, -0.2) is 9.24 Å². The van der Waals surface area contributed by atoms with E-state index < -0.39 is 11.6 Å². The number of nitrogens with zero attached hydrogens (tertiary/aromatic N) is 1. The third kappa shape index (κ3) is 1.06. The van der Waals surface area contributed by atoms with E-state index in [4.69, 9.17) is 6.57 Å². The summed E-state index contributed by atoms with van der Waals surface area (Å²) in [5.74, 6) is -1.54. The van der Waals surface area contributed by atoms with Crippen LogP contribution in [0, 0.1) is 12.4 Å². The van der Waals surface area contributed by atoms with Gasteiger partial charge in [0.1, 0.15) is 5.82 Å². The topological polar surface area (TPSA) is 27.4 Å². The quantitative estimate of drug-likeness (QED) is 0.496. The standard InChI is InChI=1S/C7H4FNO/c1-9-5-2-3-7(10)6(8)4-5/h2-4,10H/p-1. The van der Waals surface area contributed by atoms with Crippen molar-refractivity contribution in [3.05, 3.63) is 35.4 Å². The minimum atomic E-state index is -0.867. The highest BCUT2D eigenvalue weighted by atomic mass is 19.1. The molecule has 0 aromatic heterocycles. The van der Waals surface area contributed by atoms with Gasteiger partial charge in [0.15, 0.2) is 5.69 Å². The average Bonchev–Trinajstić information content (AvgIpc) is 1.95. The van der Waals surface area contributed by atoms with Gasteiger partial charge in [0.2, 0.25) is 0 Å². The van der Waals surface area contributed by atoms with Crippen LogP contribution < -0.4 is 5.11 Å². The second-order valence-corrected chi connectivity index (χ2v) is 1.73. The minimum Gasteiger partial charge on any atom is -0.871 e. The Balaban J connectivity index is 3.20. The fourth-order valence-corrected chi connectivity index (χ4v) is 0.559. The van der Waals surface area contributed by atoms with Gasteiger partial charge < -0.3 is 5.11 Å². The fourth-order valence-electron chi connectivity index (χ4n) is 0.559. The van der Waals surface area contributed by atoms with Crippen LogP contribution in [-0.2, 0) is 0 Å². The molecule has 1 rings (SSSR count). The van der Waals surface area contributed by atoms with Crippen molar-refractivity contribution in [2.45, 2.75) is 0 Å². The van der Waals surface area contributed by atoms with Crippen molar-refractivity contribution >= 4 is 5.69 Å². The molecule has 0 aliphatic heterocycles. The molecule has 0 aliphatic rings. The van der Waals surface area contributed by atoms with Gasteiger partial charge in [0.25, 0.3) is 0 Å². The highest BCUT2D eigenvalue weighted by Gasteiger charge is 1.92. The Morgan fingerprint density at radius 1 is 1.50 bits per heavy atom. The Hall–Kier alpha value is -1.56. The Morgan fingerprint density at radius 3 is 2.70 bits per heavy atom. The van der Waals surface area contributed by atoms with Crippen LogP contribution in [0.25, 0.3) is 4.85 Å². The fraction of sp³-hybridized carbons (Fsp3) is 0. The van der Waals surface area contributed by atoms with E-state index in [1.165, 1.54) is 6.07 Å². The first-order valence-corrected chi connectivity index (χ1v) is 2.58. The molecule has 3 heteroatoms. The zero-order chi connectivity index (χ0) is 7.56. The summed E-state index contributed by atoms with van der Waals surface area (Å²) in [4.78, 5) is 2.94. The van der Waals surface area contributed by atoms with E-state index in [1.807, 2.05) is 0 Å². The Morgan fingerprint density at radius 2 is 2.20 bits per heavy atom. The Bertz CT molecular complexity index is 290. The summed E-state index contributed by atoms with van der Waals surface area (Å²) >= 11 is 0. The molecule has 0 saturated carbocycles. The largest absolute Gasteiger partial charge is 0.871 e. The van der Waals surface area contributed by atoms with Crippen molar-refractivity contribution in [2.24, 2.45) is 0 Å². The molecular weight excluding hydrogens is 133 g/mol. The summed E-state index contributed by atoms with van der Waals surface area (Å²) in [6.07, 6.45) is 0. The van der Waals surface area contributed by atoms with Crippen molar-refractivity contribution in [1.29, 1.82) is 0 Å². The SMILES string of the molecule is [C-]#[N+]c1ccc([O-])c(F)c1. The predicted molar refractivity (Wildman–Crippen MR) is 32.1 cm³/mol. The molecule has 2 nitrogen and oxygen atoms in total. The molecule has 0 bridgehead atoms. The van der Waals surface area contributed by atoms with Gasteiger partial charge in [0.05, 0.1) is 6.57 Å². The maximum absolute atomic E-state index is 12.3. The molecule has 0 aliphatic carbocycles. The van der Waals surface area contributed by atoms with Gasteiger partial charge in [-0.15, -0.1) is 0 Å². The Labute approximate surface area is 57.4 Å². The highest BCUT2D eigenvalue weighted by Crippen LogP contribution is 2.18. The van der Waals surface area contributed by atoms with Crippen molar-refractivity contribution in [3.8, 4) is 5.75 Å². The third-order valence-electron chi connectivity index (χ3n) is 1.04. The van der Waals surface area contributed by atoms with Gasteiger partial charge >= 0.3 is 0 Å². The molecule has 0 fully saturated rings. The molecule has 0 heterocycles. The van der Waals surface area contributed by atoms with Crippen molar-refractivity contribution in [1.82, 2.24) is 0 Å². The molecule has 1 aromatic carbocycles. The van der Waals surface area contributed by atoms with Crippen molar-refractivity contribution < 1.29 is 9.50 Å². The van der Waals surface area contributed by atoms with E-state index in [9.17, 15) is 9.50 Å². The van der Waals surface area contributed by atoms with Crippen molar-refractivity contribution in [3.63, 3.8) is 0 Å². The monoisotopic (exact) mass is 136 g/mol. The van der Waals surface area contributed by atoms with Gasteiger partial charge in [0, 0.05) is 0 Å². The highest BCUT2D eigenvalue weighted by molar-refractivity contribution is 5.47. The van der Waals surface area contributed by atoms with Crippen LogP contribution in [0.1, 0.15) is 0 Å². The normalized spacial score (nSPS) is 8.80. The maximum atomic E-state index is 12.3. The van der Waals surface area contributed by atoms with E-state index in [0.717, 1.165) is 12.1 Å². The molecule has 0 amide bonds. The zero-order valence-corrected chi connectivity index (χ0v) is 4.97.